The first-order chi connectivity index (χ1) is 46.1. The van der Waals surface area contributed by atoms with Crippen molar-refractivity contribution >= 4 is 34.6 Å². The van der Waals surface area contributed by atoms with Crippen molar-refractivity contribution in [2.75, 3.05) is 0 Å². The van der Waals surface area contributed by atoms with Crippen LogP contribution >= 0.6 is 34.6 Å². The van der Waals surface area contributed by atoms with Crippen LogP contribution in [0.25, 0.3) is 0 Å². The number of rotatable bonds is 0. The fourth-order valence-corrected chi connectivity index (χ4v) is 5.12. The standard InChI is InChI=1S/C4H6N2O.5C4H6N2.3C4H5NO.3C4H5NS.11C2H6/c1-3-5-6-4(2)7-3;1-4-2-5-3-6-4;1-4-2-5-6-3-4;1-6-4-2-3-5-6;2*1-4-2-3-5-6-4;1-4-2-5-6-3-4;1-4-2-3-6-5-4;1-4-2-3-5-6-4;1-4-2-5-6-3-4;1-4-2-3-6-5-4;1-4-2-3-5-6-4;11*1-2/h1-2H3;2*2-3H,1H3,(H,5,6);2-4H,1H3;2*2-3H,1H3,(H,5,6);6*2-3H,1H3;11*1-2H3. The molecule has 0 spiro atoms. The highest BCUT2D eigenvalue weighted by atomic mass is 32.1. The lowest BCUT2D eigenvalue weighted by molar-refractivity contribution is 0.397. The van der Waals surface area contributed by atoms with Gasteiger partial charge in [-0.1, -0.05) is 168 Å². The maximum Gasteiger partial charge on any atom is 0.213 e. The molecule has 0 fully saturated rings. The highest BCUT2D eigenvalue weighted by Crippen LogP contribution is 1.99. The van der Waals surface area contributed by atoms with E-state index in [-0.39, 0.29) is 0 Å². The first-order valence-corrected chi connectivity index (χ1v) is 35.3. The third kappa shape index (κ3) is 99.5. The summed E-state index contributed by atoms with van der Waals surface area (Å²) in [6.45, 7) is 67.1. The molecule has 0 atom stereocenters. The Labute approximate surface area is 588 Å². The molecule has 12 aromatic rings. The lowest BCUT2D eigenvalue weighted by atomic mass is 10.4. The SMILES string of the molecule is CC.CC.CC.CC.CC.CC.CC.CC.CC.CC.CC.Cc1ccn[nH]1.Cc1ccn[nH]1.Cc1ccno1.Cc1ccns1.Cc1ccon1.Cc1ccsn1.Cc1cn[nH]c1.Cc1cnc[nH]1.Cc1cnoc1.Cc1cnsc1.Cc1nnc(C)o1.Cn1cccn1. The van der Waals surface area contributed by atoms with E-state index in [1.165, 1.54) is 50.6 Å². The van der Waals surface area contributed by atoms with Gasteiger partial charge in [0.1, 0.15) is 18.3 Å². The molecule has 0 saturated heterocycles. The van der Waals surface area contributed by atoms with Crippen LogP contribution in [0.15, 0.2) is 158 Å². The maximum atomic E-state index is 4.86. The van der Waals surface area contributed by atoms with Crippen molar-refractivity contribution in [2.45, 2.75) is 235 Å². The van der Waals surface area contributed by atoms with Gasteiger partial charge in [0.15, 0.2) is 0 Å². The Bertz CT molecular complexity index is 2170. The smallest absolute Gasteiger partial charge is 0.213 e. The van der Waals surface area contributed by atoms with Gasteiger partial charge in [0.25, 0.3) is 0 Å². The number of nitrogens with one attached hydrogen (secondary N) is 4. The average Bonchev–Trinajstić information content (AvgIpc) is 4.42. The molecule has 0 bridgehead atoms. The van der Waals surface area contributed by atoms with Crippen molar-refractivity contribution in [3.8, 4) is 0 Å². The van der Waals surface area contributed by atoms with Crippen LogP contribution in [0.1, 0.15) is 220 Å². The van der Waals surface area contributed by atoms with E-state index < -0.39 is 0 Å². The minimum atomic E-state index is 0.623. The highest BCUT2D eigenvalue weighted by Gasteiger charge is 1.90. The predicted molar refractivity (Wildman–Crippen MR) is 409 cm³/mol. The molecule has 25 heteroatoms. The van der Waals surface area contributed by atoms with Gasteiger partial charge in [0.2, 0.25) is 11.8 Å². The molecule has 4 N–H and O–H groups in total. The van der Waals surface area contributed by atoms with Crippen LogP contribution in [0.5, 0.6) is 0 Å². The average molecular weight is 1390 g/mol. The van der Waals surface area contributed by atoms with Gasteiger partial charge in [0.05, 0.1) is 36.3 Å². The number of H-pyrrole nitrogens is 4. The molecule has 12 rings (SSSR count). The molecule has 0 unspecified atom stereocenters. The highest BCUT2D eigenvalue weighted by molar-refractivity contribution is 7.05. The molecule has 0 aliphatic carbocycles. The van der Waals surface area contributed by atoms with Gasteiger partial charge in [-0.3, -0.25) is 20.0 Å². The lowest BCUT2D eigenvalue weighted by Crippen LogP contribution is -1.83. The second kappa shape index (κ2) is 102. The van der Waals surface area contributed by atoms with Gasteiger partial charge in [-0.2, -0.15) is 24.8 Å². The van der Waals surface area contributed by atoms with Crippen LogP contribution in [0, 0.1) is 83.1 Å². The number of aromatic amines is 4. The third-order valence-electron chi connectivity index (χ3n) is 7.19. The molecule has 12 aromatic heterocycles. The summed E-state index contributed by atoms with van der Waals surface area (Å²) in [4.78, 5) is 7.93. The monoisotopic (exact) mass is 1380 g/mol. The third-order valence-corrected chi connectivity index (χ3v) is 9.20. The largest absolute Gasteiger partial charge is 0.426 e. The van der Waals surface area contributed by atoms with Gasteiger partial charge < -0.3 is 23.0 Å². The summed E-state index contributed by atoms with van der Waals surface area (Å²) in [6.07, 6.45) is 24.3. The fraction of sp³-hybridized carbons (Fsp3) is 0.500. The molecule has 0 saturated carbocycles. The number of nitrogens with zero attached hydrogens (tertiary/aromatic N) is 14. The number of aryl methyl sites for hydroxylation is 13. The molecule has 22 nitrogen and oxygen atoms in total. The predicted octanol–water partition coefficient (Wildman–Crippen LogP) is 22.6. The number of imidazole rings is 1. The molecule has 0 radical (unpaired) electrons. The Morgan fingerprint density at radius 3 is 1.15 bits per heavy atom. The first kappa shape index (κ1) is 111. The Hall–Kier alpha value is -8.29. The molecule has 0 amide bonds. The minimum Gasteiger partial charge on any atom is -0.426 e. The van der Waals surface area contributed by atoms with Gasteiger partial charge in [-0.25, -0.2) is 13.7 Å². The van der Waals surface area contributed by atoms with E-state index in [0.717, 1.165) is 39.8 Å². The Balaban J connectivity index is -0.0000000877. The van der Waals surface area contributed by atoms with Crippen LogP contribution in [-0.2, 0) is 7.05 Å². The summed E-state index contributed by atoms with van der Waals surface area (Å²) in [6, 6.07) is 13.3. The van der Waals surface area contributed by atoms with Gasteiger partial charge >= 0.3 is 0 Å². The normalized spacial score (nSPS) is 7.53. The summed E-state index contributed by atoms with van der Waals surface area (Å²) >= 11 is 4.51. The topological polar surface area (TPSA) is 288 Å². The van der Waals surface area contributed by atoms with E-state index in [2.05, 4.69) is 98.0 Å². The second-order valence-electron chi connectivity index (χ2n) is 14.4. The van der Waals surface area contributed by atoms with E-state index >= 15 is 0 Å². The second-order valence-corrected chi connectivity index (χ2v) is 16.8. The van der Waals surface area contributed by atoms with Crippen molar-refractivity contribution in [1.82, 2.24) is 89.1 Å². The van der Waals surface area contributed by atoms with Crippen LogP contribution in [0.2, 0.25) is 0 Å². The van der Waals surface area contributed by atoms with E-state index in [4.69, 9.17) is 4.42 Å². The number of hydrogen-bond acceptors (Lipinski definition) is 20. The summed E-state index contributed by atoms with van der Waals surface area (Å²) < 4.78 is 31.8. The summed E-state index contributed by atoms with van der Waals surface area (Å²) in [5.41, 5.74) is 8.85. The molecule has 12 heterocycles. The van der Waals surface area contributed by atoms with E-state index in [1.807, 2.05) is 288 Å². The Morgan fingerprint density at radius 2 is 1.03 bits per heavy atom. The first-order valence-electron chi connectivity index (χ1n) is 32.9. The molecular weight excluding hydrogens is 1250 g/mol. The maximum absolute atomic E-state index is 4.86. The van der Waals surface area contributed by atoms with E-state index in [1.54, 1.807) is 99.1 Å². The van der Waals surface area contributed by atoms with Crippen LogP contribution < -0.4 is 0 Å². The van der Waals surface area contributed by atoms with E-state index in [0.29, 0.717) is 11.8 Å². The Morgan fingerprint density at radius 1 is 0.474 bits per heavy atom. The zero-order valence-electron chi connectivity index (χ0n) is 65.4. The molecular formula is C70H132N18O4S3. The van der Waals surface area contributed by atoms with Gasteiger partial charge in [0, 0.05) is 121 Å². The van der Waals surface area contributed by atoms with Crippen LogP contribution in [-0.4, -0.2) is 89.1 Å². The Kier molecular flexibility index (Phi) is 119. The quantitative estimate of drug-likeness (QED) is 0.110. The lowest BCUT2D eigenvalue weighted by Gasteiger charge is -1.77. The van der Waals surface area contributed by atoms with Gasteiger partial charge in [-0.05, 0) is 145 Å². The molecule has 544 valence electrons. The van der Waals surface area contributed by atoms with Crippen LogP contribution in [0.4, 0.5) is 0 Å². The van der Waals surface area contributed by atoms with E-state index in [9.17, 15) is 0 Å². The number of aromatic nitrogens is 18. The molecule has 0 aromatic carbocycles. The molecule has 0 aliphatic heterocycles. The minimum absolute atomic E-state index is 0.623. The zero-order chi connectivity index (χ0) is 75.7. The summed E-state index contributed by atoms with van der Waals surface area (Å²) in [5, 5.41) is 44.7. The number of hydrogen-bond donors (Lipinski definition) is 4. The van der Waals surface area contributed by atoms with Gasteiger partial charge in [-0.15, -0.1) is 10.2 Å². The summed E-state index contributed by atoms with van der Waals surface area (Å²) in [7, 11) is 1.89. The van der Waals surface area contributed by atoms with Crippen molar-refractivity contribution in [2.24, 2.45) is 7.05 Å². The van der Waals surface area contributed by atoms with Crippen molar-refractivity contribution in [3.05, 3.63) is 208 Å². The zero-order valence-corrected chi connectivity index (χ0v) is 67.8. The molecule has 95 heavy (non-hydrogen) atoms. The van der Waals surface area contributed by atoms with Crippen molar-refractivity contribution in [1.29, 1.82) is 0 Å². The van der Waals surface area contributed by atoms with Crippen LogP contribution in [0.3, 0.4) is 0 Å². The van der Waals surface area contributed by atoms with Crippen molar-refractivity contribution < 1.29 is 18.0 Å². The van der Waals surface area contributed by atoms with Crippen molar-refractivity contribution in [3.63, 3.8) is 0 Å². The summed E-state index contributed by atoms with van der Waals surface area (Å²) in [5.74, 6) is 2.10. The fourth-order valence-electron chi connectivity index (χ4n) is 3.65. The molecule has 0 aliphatic rings.